The van der Waals surface area contributed by atoms with E-state index in [2.05, 4.69) is 32.7 Å². The van der Waals surface area contributed by atoms with Crippen molar-refractivity contribution in [2.24, 2.45) is 17.6 Å². The lowest BCUT2D eigenvalue weighted by Gasteiger charge is -2.49. The zero-order chi connectivity index (χ0) is 12.2. The van der Waals surface area contributed by atoms with Crippen LogP contribution >= 0.6 is 0 Å². The van der Waals surface area contributed by atoms with Gasteiger partial charge in [0.05, 0.1) is 0 Å². The molecule has 0 bridgehead atoms. The molecule has 0 aromatic heterocycles. The predicted octanol–water partition coefficient (Wildman–Crippen LogP) is 2.87. The molecule has 0 aliphatic heterocycles. The van der Waals surface area contributed by atoms with Crippen molar-refractivity contribution in [3.63, 3.8) is 0 Å². The second kappa shape index (κ2) is 6.02. The first-order chi connectivity index (χ1) is 7.53. The number of nitrogens with two attached hydrogens (primary N) is 1. The second-order valence-electron chi connectivity index (χ2n) is 6.06. The van der Waals surface area contributed by atoms with E-state index in [0.717, 1.165) is 18.4 Å². The van der Waals surface area contributed by atoms with Gasteiger partial charge < -0.3 is 5.73 Å². The molecule has 16 heavy (non-hydrogen) atoms. The first-order valence-electron chi connectivity index (χ1n) is 6.94. The molecule has 0 heterocycles. The Morgan fingerprint density at radius 2 is 2.06 bits per heavy atom. The predicted molar refractivity (Wildman–Crippen MR) is 71.5 cm³/mol. The molecule has 0 radical (unpaired) electrons. The standard InChI is InChI=1S/C14H30N2/c1-12(2)8-10-16(4)14(11-15)9-6-5-7-13(14)3/h12-13H,5-11,15H2,1-4H3. The van der Waals surface area contributed by atoms with Crippen LogP contribution in [0.15, 0.2) is 0 Å². The van der Waals surface area contributed by atoms with Gasteiger partial charge in [-0.3, -0.25) is 4.90 Å². The highest BCUT2D eigenvalue weighted by Gasteiger charge is 2.39. The maximum atomic E-state index is 6.09. The molecule has 2 N–H and O–H groups in total. The maximum Gasteiger partial charge on any atom is 0.0354 e. The van der Waals surface area contributed by atoms with Crippen molar-refractivity contribution in [3.8, 4) is 0 Å². The van der Waals surface area contributed by atoms with Crippen molar-refractivity contribution in [1.29, 1.82) is 0 Å². The van der Waals surface area contributed by atoms with E-state index < -0.39 is 0 Å². The summed E-state index contributed by atoms with van der Waals surface area (Å²) in [6.45, 7) is 9.00. The number of rotatable bonds is 5. The van der Waals surface area contributed by atoms with Gasteiger partial charge in [-0.1, -0.05) is 33.6 Å². The molecule has 1 aliphatic rings. The van der Waals surface area contributed by atoms with E-state index >= 15 is 0 Å². The van der Waals surface area contributed by atoms with Crippen LogP contribution in [-0.4, -0.2) is 30.6 Å². The molecule has 1 rings (SSSR count). The minimum atomic E-state index is 0.285. The first kappa shape index (κ1) is 14.0. The second-order valence-corrected chi connectivity index (χ2v) is 6.06. The van der Waals surface area contributed by atoms with E-state index in [4.69, 9.17) is 5.73 Å². The molecule has 0 amide bonds. The van der Waals surface area contributed by atoms with E-state index in [9.17, 15) is 0 Å². The molecule has 2 atom stereocenters. The summed E-state index contributed by atoms with van der Waals surface area (Å²) >= 11 is 0. The minimum Gasteiger partial charge on any atom is -0.329 e. The molecule has 96 valence electrons. The zero-order valence-electron chi connectivity index (χ0n) is 11.6. The van der Waals surface area contributed by atoms with Crippen LogP contribution in [0.5, 0.6) is 0 Å². The van der Waals surface area contributed by atoms with Gasteiger partial charge in [0.2, 0.25) is 0 Å². The van der Waals surface area contributed by atoms with Gasteiger partial charge >= 0.3 is 0 Å². The Morgan fingerprint density at radius 1 is 1.38 bits per heavy atom. The van der Waals surface area contributed by atoms with Crippen molar-refractivity contribution in [2.45, 2.75) is 58.4 Å². The SMILES string of the molecule is CC(C)CCN(C)C1(CN)CCCCC1C. The van der Waals surface area contributed by atoms with Crippen LogP contribution in [0.1, 0.15) is 52.9 Å². The molecule has 0 aromatic carbocycles. The van der Waals surface area contributed by atoms with Crippen LogP contribution in [0.4, 0.5) is 0 Å². The molecule has 2 unspecified atom stereocenters. The Bertz CT molecular complexity index is 203. The molecule has 0 saturated heterocycles. The van der Waals surface area contributed by atoms with Gasteiger partial charge in [-0.25, -0.2) is 0 Å². The van der Waals surface area contributed by atoms with Crippen LogP contribution in [0.3, 0.4) is 0 Å². The van der Waals surface area contributed by atoms with Crippen LogP contribution in [0.25, 0.3) is 0 Å². The third-order valence-electron chi connectivity index (χ3n) is 4.57. The average Bonchev–Trinajstić information content (AvgIpc) is 2.27. The lowest BCUT2D eigenvalue weighted by Crippen LogP contribution is -2.58. The van der Waals surface area contributed by atoms with Crippen LogP contribution in [0, 0.1) is 11.8 Å². The zero-order valence-corrected chi connectivity index (χ0v) is 11.6. The highest BCUT2D eigenvalue weighted by Crippen LogP contribution is 2.37. The Labute approximate surface area is 102 Å². The van der Waals surface area contributed by atoms with Crippen molar-refractivity contribution in [2.75, 3.05) is 20.1 Å². The van der Waals surface area contributed by atoms with Gasteiger partial charge in [-0.2, -0.15) is 0 Å². The molecule has 1 aliphatic carbocycles. The summed E-state index contributed by atoms with van der Waals surface area (Å²) in [5.74, 6) is 1.54. The fourth-order valence-electron chi connectivity index (χ4n) is 3.10. The first-order valence-corrected chi connectivity index (χ1v) is 6.94. The maximum absolute atomic E-state index is 6.09. The number of hydrogen-bond acceptors (Lipinski definition) is 2. The van der Waals surface area contributed by atoms with Crippen molar-refractivity contribution in [3.05, 3.63) is 0 Å². The Hall–Kier alpha value is -0.0800. The number of nitrogens with zero attached hydrogens (tertiary/aromatic N) is 1. The highest BCUT2D eigenvalue weighted by molar-refractivity contribution is 4.97. The van der Waals surface area contributed by atoms with Gasteiger partial charge in [-0.05, 0) is 44.7 Å². The van der Waals surface area contributed by atoms with E-state index in [1.54, 1.807) is 0 Å². The Kier molecular flexibility index (Phi) is 5.26. The van der Waals surface area contributed by atoms with Crippen molar-refractivity contribution < 1.29 is 0 Å². The molecule has 2 nitrogen and oxygen atoms in total. The summed E-state index contributed by atoms with van der Waals surface area (Å²) in [5, 5.41) is 0. The lowest BCUT2D eigenvalue weighted by molar-refractivity contribution is 0.0308. The Morgan fingerprint density at radius 3 is 2.56 bits per heavy atom. The van der Waals surface area contributed by atoms with Gasteiger partial charge in [-0.15, -0.1) is 0 Å². The van der Waals surface area contributed by atoms with Gasteiger partial charge in [0.15, 0.2) is 0 Å². The molecule has 2 heteroatoms. The average molecular weight is 226 g/mol. The van der Waals surface area contributed by atoms with Crippen LogP contribution in [-0.2, 0) is 0 Å². The molecule has 0 spiro atoms. The van der Waals surface area contributed by atoms with Gasteiger partial charge in [0.25, 0.3) is 0 Å². The quantitative estimate of drug-likeness (QED) is 0.781. The number of likely N-dealkylation sites (N-methyl/N-ethyl adjacent to an activating group) is 1. The van der Waals surface area contributed by atoms with E-state index in [1.165, 1.54) is 38.6 Å². The smallest absolute Gasteiger partial charge is 0.0354 e. The van der Waals surface area contributed by atoms with Gasteiger partial charge in [0.1, 0.15) is 0 Å². The summed E-state index contributed by atoms with van der Waals surface area (Å²) in [5.41, 5.74) is 6.38. The molecular formula is C14H30N2. The summed E-state index contributed by atoms with van der Waals surface area (Å²) in [7, 11) is 2.27. The van der Waals surface area contributed by atoms with Gasteiger partial charge in [0, 0.05) is 12.1 Å². The monoisotopic (exact) mass is 226 g/mol. The summed E-state index contributed by atoms with van der Waals surface area (Å²) in [4.78, 5) is 2.55. The minimum absolute atomic E-state index is 0.285. The molecule has 0 aromatic rings. The van der Waals surface area contributed by atoms with E-state index in [-0.39, 0.29) is 5.54 Å². The molecular weight excluding hydrogens is 196 g/mol. The van der Waals surface area contributed by atoms with Crippen LogP contribution < -0.4 is 5.73 Å². The van der Waals surface area contributed by atoms with Crippen LogP contribution in [0.2, 0.25) is 0 Å². The number of hydrogen-bond donors (Lipinski definition) is 1. The normalized spacial score (nSPS) is 31.3. The topological polar surface area (TPSA) is 29.3 Å². The van der Waals surface area contributed by atoms with E-state index in [0.29, 0.717) is 0 Å². The van der Waals surface area contributed by atoms with E-state index in [1.807, 2.05) is 0 Å². The molecule has 1 fully saturated rings. The third-order valence-corrected chi connectivity index (χ3v) is 4.57. The lowest BCUT2D eigenvalue weighted by atomic mass is 9.72. The third kappa shape index (κ3) is 2.98. The largest absolute Gasteiger partial charge is 0.329 e. The fraction of sp³-hybridized carbons (Fsp3) is 1.00. The summed E-state index contributed by atoms with van der Waals surface area (Å²) in [6.07, 6.45) is 6.67. The Balaban J connectivity index is 2.62. The molecule has 1 saturated carbocycles. The van der Waals surface area contributed by atoms with Crippen molar-refractivity contribution in [1.82, 2.24) is 4.90 Å². The highest BCUT2D eigenvalue weighted by atomic mass is 15.2. The van der Waals surface area contributed by atoms with Crippen molar-refractivity contribution >= 4 is 0 Å². The summed E-state index contributed by atoms with van der Waals surface area (Å²) < 4.78 is 0. The summed E-state index contributed by atoms with van der Waals surface area (Å²) in [6, 6.07) is 0. The fourth-order valence-corrected chi connectivity index (χ4v) is 3.10.